The molecule has 0 aliphatic heterocycles. The Bertz CT molecular complexity index is 642. The number of carbonyl (C=O) groups excluding carboxylic acids is 1. The van der Waals surface area contributed by atoms with Crippen molar-refractivity contribution in [2.24, 2.45) is 0 Å². The Labute approximate surface area is 130 Å². The first kappa shape index (κ1) is 18.1. The molecule has 0 bridgehead atoms. The highest BCUT2D eigenvalue weighted by Crippen LogP contribution is 2.23. The number of amides is 1. The minimum atomic E-state index is -4.09. The summed E-state index contributed by atoms with van der Waals surface area (Å²) in [6.07, 6.45) is 2.62. The number of hydrogen-bond acceptors (Lipinski definition) is 5. The fourth-order valence-electron chi connectivity index (χ4n) is 1.64. The highest BCUT2D eigenvalue weighted by atomic mass is 35.7. The molecule has 1 heterocycles. The molecule has 0 spiro atoms. The normalized spacial score (nSPS) is 14.7. The molecule has 0 saturated heterocycles. The van der Waals surface area contributed by atoms with Crippen molar-refractivity contribution in [3.05, 3.63) is 11.4 Å². The van der Waals surface area contributed by atoms with Crippen LogP contribution in [-0.4, -0.2) is 46.8 Å². The first-order valence-electron chi connectivity index (χ1n) is 6.30. The maximum Gasteiger partial charge on any atom is 0.273 e. The average molecular weight is 356 g/mol. The largest absolute Gasteiger partial charge is 0.349 e. The number of aromatic amines is 1. The van der Waals surface area contributed by atoms with Gasteiger partial charge in [0.1, 0.15) is 4.90 Å². The molecule has 2 N–H and O–H groups in total. The Morgan fingerprint density at radius 2 is 2.14 bits per heavy atom. The molecular formula is C11H18ClN3O4S2. The number of halogens is 1. The minimum Gasteiger partial charge on any atom is -0.349 e. The maximum absolute atomic E-state index is 12.0. The Morgan fingerprint density at radius 1 is 1.52 bits per heavy atom. The molecule has 0 aliphatic rings. The number of aryl methyl sites for hydroxylation is 1. The van der Waals surface area contributed by atoms with Gasteiger partial charge >= 0.3 is 0 Å². The van der Waals surface area contributed by atoms with Gasteiger partial charge in [-0.05, 0) is 13.3 Å². The van der Waals surface area contributed by atoms with Crippen molar-refractivity contribution >= 4 is 36.4 Å². The van der Waals surface area contributed by atoms with Crippen molar-refractivity contribution in [3.8, 4) is 0 Å². The second-order valence-corrected chi connectivity index (χ2v) is 8.89. The highest BCUT2D eigenvalue weighted by Gasteiger charge is 2.28. The molecule has 2 unspecified atom stereocenters. The Hall–Kier alpha value is -0.930. The van der Waals surface area contributed by atoms with E-state index in [1.54, 1.807) is 6.92 Å². The van der Waals surface area contributed by atoms with Crippen LogP contribution in [0.2, 0.25) is 0 Å². The zero-order valence-corrected chi connectivity index (χ0v) is 14.4. The average Bonchev–Trinajstić information content (AvgIpc) is 2.79. The van der Waals surface area contributed by atoms with Crippen molar-refractivity contribution in [3.63, 3.8) is 0 Å². The number of aromatic nitrogens is 2. The predicted octanol–water partition coefficient (Wildman–Crippen LogP) is 0.786. The van der Waals surface area contributed by atoms with E-state index in [1.165, 1.54) is 6.26 Å². The summed E-state index contributed by atoms with van der Waals surface area (Å²) in [5, 5.41) is 8.55. The molecule has 1 rings (SSSR count). The third-order valence-electron chi connectivity index (χ3n) is 2.87. The summed E-state index contributed by atoms with van der Waals surface area (Å²) < 4.78 is 34.5. The Kier molecular flexibility index (Phi) is 6.36. The first-order valence-corrected chi connectivity index (χ1v) is 10.2. The third kappa shape index (κ3) is 4.79. The fraction of sp³-hybridized carbons (Fsp3) is 0.636. The van der Waals surface area contributed by atoms with E-state index in [-0.39, 0.29) is 22.4 Å². The van der Waals surface area contributed by atoms with Crippen molar-refractivity contribution in [1.82, 2.24) is 15.5 Å². The molecule has 1 aromatic heterocycles. The van der Waals surface area contributed by atoms with Crippen LogP contribution in [0.5, 0.6) is 0 Å². The third-order valence-corrected chi connectivity index (χ3v) is 5.56. The second-order valence-electron chi connectivity index (χ2n) is 4.59. The van der Waals surface area contributed by atoms with Gasteiger partial charge in [-0.3, -0.25) is 14.1 Å². The maximum atomic E-state index is 12.0. The Morgan fingerprint density at radius 3 is 2.62 bits per heavy atom. The van der Waals surface area contributed by atoms with Gasteiger partial charge in [-0.25, -0.2) is 8.42 Å². The Balaban J connectivity index is 3.02. The van der Waals surface area contributed by atoms with Crippen molar-refractivity contribution in [1.29, 1.82) is 0 Å². The van der Waals surface area contributed by atoms with Crippen LogP contribution in [0, 0.1) is 0 Å². The molecule has 1 amide bonds. The first-order chi connectivity index (χ1) is 9.68. The number of nitrogens with one attached hydrogen (secondary N) is 2. The monoisotopic (exact) mass is 355 g/mol. The van der Waals surface area contributed by atoms with Crippen LogP contribution in [0.25, 0.3) is 0 Å². The van der Waals surface area contributed by atoms with Crippen LogP contribution in [-0.2, 0) is 26.3 Å². The SMILES string of the molecule is CCCc1[nH]nc(C(=O)NCC(C)S(C)=O)c1S(=O)(=O)Cl. The lowest BCUT2D eigenvalue weighted by Gasteiger charge is -2.09. The standard InChI is InChI=1S/C11H18ClN3O4S2/c1-4-5-8-10(21(12,18)19)9(15-14-8)11(16)13-6-7(2)20(3)17/h7H,4-6H2,1-3H3,(H,13,16)(H,14,15). The summed E-state index contributed by atoms with van der Waals surface area (Å²) in [6.45, 7) is 3.73. The zero-order chi connectivity index (χ0) is 16.2. The zero-order valence-electron chi connectivity index (χ0n) is 12.0. The molecule has 7 nitrogen and oxygen atoms in total. The molecule has 1 aromatic rings. The molecule has 120 valence electrons. The molecular weight excluding hydrogens is 338 g/mol. The lowest BCUT2D eigenvalue weighted by molar-refractivity contribution is 0.0946. The summed E-state index contributed by atoms with van der Waals surface area (Å²) in [6, 6.07) is 0. The van der Waals surface area contributed by atoms with Gasteiger partial charge in [0.15, 0.2) is 5.69 Å². The van der Waals surface area contributed by atoms with Crippen molar-refractivity contribution in [2.45, 2.75) is 36.8 Å². The van der Waals surface area contributed by atoms with Crippen LogP contribution in [0.15, 0.2) is 4.90 Å². The van der Waals surface area contributed by atoms with Gasteiger partial charge in [-0.2, -0.15) is 5.10 Å². The van der Waals surface area contributed by atoms with E-state index in [1.807, 2.05) is 6.92 Å². The van der Waals surface area contributed by atoms with E-state index in [9.17, 15) is 17.4 Å². The van der Waals surface area contributed by atoms with Gasteiger partial charge in [0, 0.05) is 39.5 Å². The van der Waals surface area contributed by atoms with Crippen LogP contribution in [0.4, 0.5) is 0 Å². The predicted molar refractivity (Wildman–Crippen MR) is 81.5 cm³/mol. The number of rotatable bonds is 7. The molecule has 2 atom stereocenters. The van der Waals surface area contributed by atoms with Gasteiger partial charge in [-0.1, -0.05) is 13.3 Å². The topological polar surface area (TPSA) is 109 Å². The summed E-state index contributed by atoms with van der Waals surface area (Å²) in [5.41, 5.74) is 0.0484. The van der Waals surface area contributed by atoms with E-state index in [0.717, 1.165) is 0 Å². The van der Waals surface area contributed by atoms with Crippen molar-refractivity contribution in [2.75, 3.05) is 12.8 Å². The van der Waals surface area contributed by atoms with E-state index < -0.39 is 25.8 Å². The summed E-state index contributed by atoms with van der Waals surface area (Å²) in [5.74, 6) is -0.662. The van der Waals surface area contributed by atoms with Gasteiger partial charge in [0.05, 0.1) is 5.69 Å². The smallest absolute Gasteiger partial charge is 0.273 e. The fourth-order valence-corrected chi connectivity index (χ4v) is 3.27. The van der Waals surface area contributed by atoms with E-state index >= 15 is 0 Å². The van der Waals surface area contributed by atoms with Gasteiger partial charge in [0.2, 0.25) is 0 Å². The van der Waals surface area contributed by atoms with Gasteiger partial charge in [-0.15, -0.1) is 0 Å². The lowest BCUT2D eigenvalue weighted by Crippen LogP contribution is -2.33. The molecule has 0 aliphatic carbocycles. The van der Waals surface area contributed by atoms with E-state index in [4.69, 9.17) is 10.7 Å². The van der Waals surface area contributed by atoms with Crippen molar-refractivity contribution < 1.29 is 17.4 Å². The quantitative estimate of drug-likeness (QED) is 0.703. The molecule has 0 radical (unpaired) electrons. The lowest BCUT2D eigenvalue weighted by atomic mass is 10.2. The number of H-pyrrole nitrogens is 1. The number of nitrogens with zero attached hydrogens (tertiary/aromatic N) is 1. The van der Waals surface area contributed by atoms with Crippen LogP contribution >= 0.6 is 10.7 Å². The van der Waals surface area contributed by atoms with Gasteiger partial charge in [0.25, 0.3) is 15.0 Å². The highest BCUT2D eigenvalue weighted by molar-refractivity contribution is 8.13. The number of carbonyl (C=O) groups is 1. The molecule has 10 heteroatoms. The van der Waals surface area contributed by atoms with E-state index in [2.05, 4.69) is 15.5 Å². The molecule has 0 aromatic carbocycles. The summed E-state index contributed by atoms with van der Waals surface area (Å²) in [7, 11) is 0.211. The second kappa shape index (κ2) is 7.37. The molecule has 0 saturated carbocycles. The molecule has 21 heavy (non-hydrogen) atoms. The summed E-state index contributed by atoms with van der Waals surface area (Å²) >= 11 is 0. The minimum absolute atomic E-state index is 0.152. The number of hydrogen-bond donors (Lipinski definition) is 2. The van der Waals surface area contributed by atoms with E-state index in [0.29, 0.717) is 18.5 Å². The van der Waals surface area contributed by atoms with Crippen LogP contribution in [0.1, 0.15) is 36.5 Å². The van der Waals surface area contributed by atoms with Crippen LogP contribution in [0.3, 0.4) is 0 Å². The van der Waals surface area contributed by atoms with Gasteiger partial charge < -0.3 is 5.32 Å². The summed E-state index contributed by atoms with van der Waals surface area (Å²) in [4.78, 5) is 11.8. The van der Waals surface area contributed by atoms with Crippen LogP contribution < -0.4 is 5.32 Å². The molecule has 0 fully saturated rings.